The lowest BCUT2D eigenvalue weighted by atomic mass is 10.1. The van der Waals surface area contributed by atoms with Crippen molar-refractivity contribution < 1.29 is 15.0 Å². The van der Waals surface area contributed by atoms with E-state index in [9.17, 15) is 9.90 Å². The third kappa shape index (κ3) is 2.72. The lowest BCUT2D eigenvalue weighted by molar-refractivity contribution is 0.0946. The summed E-state index contributed by atoms with van der Waals surface area (Å²) in [5, 5.41) is 22.2. The van der Waals surface area contributed by atoms with Gasteiger partial charge in [-0.1, -0.05) is 15.9 Å². The maximum atomic E-state index is 11.8. The first-order valence-electron chi connectivity index (χ1n) is 5.42. The summed E-state index contributed by atoms with van der Waals surface area (Å²) in [6.45, 7) is 0.638. The molecule has 0 aromatic heterocycles. The van der Waals surface area contributed by atoms with Crippen LogP contribution in [-0.4, -0.2) is 28.0 Å². The van der Waals surface area contributed by atoms with Crippen LogP contribution in [0.5, 0.6) is 11.5 Å². The molecule has 92 valence electrons. The highest BCUT2D eigenvalue weighted by Gasteiger charge is 2.41. The molecule has 4 nitrogen and oxygen atoms in total. The highest BCUT2D eigenvalue weighted by Crippen LogP contribution is 2.46. The third-order valence-corrected chi connectivity index (χ3v) is 4.29. The Kier molecular flexibility index (Phi) is 3.28. The van der Waals surface area contributed by atoms with Crippen LogP contribution < -0.4 is 5.32 Å². The zero-order valence-electron chi connectivity index (χ0n) is 9.24. The van der Waals surface area contributed by atoms with E-state index in [0.717, 1.165) is 18.2 Å². The van der Waals surface area contributed by atoms with Gasteiger partial charge in [0, 0.05) is 17.4 Å². The van der Waals surface area contributed by atoms with Crippen molar-refractivity contribution in [2.45, 2.75) is 12.8 Å². The predicted octanol–water partition coefficient (Wildman–Crippen LogP) is 2.00. The van der Waals surface area contributed by atoms with Gasteiger partial charge in [-0.2, -0.15) is 0 Å². The second-order valence-corrected chi connectivity index (χ2v) is 5.08. The first-order valence-corrected chi connectivity index (χ1v) is 6.55. The molecule has 0 unspecified atom stereocenters. The van der Waals surface area contributed by atoms with E-state index in [-0.39, 0.29) is 22.8 Å². The van der Waals surface area contributed by atoms with Gasteiger partial charge in [0.05, 0.1) is 0 Å². The number of hydrogen-bond acceptors (Lipinski definition) is 3. The van der Waals surface area contributed by atoms with Crippen molar-refractivity contribution in [3.05, 3.63) is 23.8 Å². The Morgan fingerprint density at radius 1 is 1.35 bits per heavy atom. The predicted molar refractivity (Wildman–Crippen MR) is 67.6 cm³/mol. The summed E-state index contributed by atoms with van der Waals surface area (Å²) in [7, 11) is 0. The van der Waals surface area contributed by atoms with Crippen molar-refractivity contribution in [2.75, 3.05) is 11.9 Å². The highest BCUT2D eigenvalue weighted by molar-refractivity contribution is 9.09. The Morgan fingerprint density at radius 2 is 2.06 bits per heavy atom. The zero-order valence-corrected chi connectivity index (χ0v) is 10.8. The molecule has 1 amide bonds. The molecule has 1 aromatic carbocycles. The van der Waals surface area contributed by atoms with Crippen LogP contribution in [-0.2, 0) is 0 Å². The summed E-state index contributed by atoms with van der Waals surface area (Å²) in [4.78, 5) is 11.8. The number of carbonyl (C=O) groups is 1. The van der Waals surface area contributed by atoms with Crippen LogP contribution in [0.2, 0.25) is 0 Å². The van der Waals surface area contributed by atoms with Crippen molar-refractivity contribution in [1.29, 1.82) is 0 Å². The maximum absolute atomic E-state index is 11.8. The van der Waals surface area contributed by atoms with Gasteiger partial charge in [-0.05, 0) is 36.5 Å². The molecule has 1 aromatic rings. The summed E-state index contributed by atoms with van der Waals surface area (Å²) in [5.74, 6) is -0.729. The largest absolute Gasteiger partial charge is 0.504 e. The minimum absolute atomic E-state index is 0.217. The maximum Gasteiger partial charge on any atom is 0.251 e. The Bertz CT molecular complexity index is 443. The van der Waals surface area contributed by atoms with E-state index < -0.39 is 0 Å². The Morgan fingerprint density at radius 3 is 2.59 bits per heavy atom. The van der Waals surface area contributed by atoms with Gasteiger partial charge in [0.2, 0.25) is 0 Å². The number of phenols is 2. The first-order chi connectivity index (χ1) is 8.06. The van der Waals surface area contributed by atoms with Gasteiger partial charge in [-0.25, -0.2) is 0 Å². The van der Waals surface area contributed by atoms with Crippen molar-refractivity contribution in [3.8, 4) is 11.5 Å². The molecule has 0 atom stereocenters. The number of hydrogen-bond donors (Lipinski definition) is 3. The van der Waals surface area contributed by atoms with E-state index in [1.807, 2.05) is 0 Å². The molecule has 0 heterocycles. The lowest BCUT2D eigenvalue weighted by Gasteiger charge is -2.12. The molecule has 1 saturated carbocycles. The number of alkyl halides is 1. The fourth-order valence-electron chi connectivity index (χ4n) is 1.57. The number of halogens is 1. The number of carbonyl (C=O) groups excluding carboxylic acids is 1. The number of nitrogens with one attached hydrogen (secondary N) is 1. The van der Waals surface area contributed by atoms with Crippen molar-refractivity contribution in [1.82, 2.24) is 5.32 Å². The Labute approximate surface area is 108 Å². The summed E-state index contributed by atoms with van der Waals surface area (Å²) >= 11 is 3.44. The topological polar surface area (TPSA) is 69.6 Å². The van der Waals surface area contributed by atoms with Gasteiger partial charge >= 0.3 is 0 Å². The van der Waals surface area contributed by atoms with Crippen LogP contribution in [0.25, 0.3) is 0 Å². The number of phenolic OH excluding ortho intramolecular Hbond substituents is 2. The first kappa shape index (κ1) is 12.2. The molecule has 3 N–H and O–H groups in total. The molecule has 1 fully saturated rings. The molecular weight excluding hydrogens is 286 g/mol. The smallest absolute Gasteiger partial charge is 0.251 e. The van der Waals surface area contributed by atoms with Crippen LogP contribution in [0.15, 0.2) is 18.2 Å². The van der Waals surface area contributed by atoms with Gasteiger partial charge in [0.1, 0.15) is 0 Å². The van der Waals surface area contributed by atoms with Gasteiger partial charge in [-0.15, -0.1) is 0 Å². The van der Waals surface area contributed by atoms with E-state index in [4.69, 9.17) is 5.11 Å². The quantitative estimate of drug-likeness (QED) is 0.588. The van der Waals surface area contributed by atoms with E-state index in [2.05, 4.69) is 21.2 Å². The van der Waals surface area contributed by atoms with Crippen LogP contribution in [0, 0.1) is 5.41 Å². The highest BCUT2D eigenvalue weighted by atomic mass is 79.9. The summed E-state index contributed by atoms with van der Waals surface area (Å²) < 4.78 is 0. The molecular formula is C12H14BrNO3. The van der Waals surface area contributed by atoms with Crippen LogP contribution in [0.4, 0.5) is 0 Å². The van der Waals surface area contributed by atoms with Gasteiger partial charge in [-0.3, -0.25) is 4.79 Å². The second-order valence-electron chi connectivity index (χ2n) is 4.52. The van der Waals surface area contributed by atoms with Crippen LogP contribution in [0.1, 0.15) is 23.2 Å². The minimum atomic E-state index is -0.278. The molecule has 0 bridgehead atoms. The molecule has 5 heteroatoms. The average Bonchev–Trinajstić information content (AvgIpc) is 3.10. The molecule has 0 aliphatic heterocycles. The summed E-state index contributed by atoms with van der Waals surface area (Å²) in [5.41, 5.74) is 0.569. The number of benzene rings is 1. The average molecular weight is 300 g/mol. The molecule has 17 heavy (non-hydrogen) atoms. The van der Waals surface area contributed by atoms with Gasteiger partial charge < -0.3 is 15.5 Å². The van der Waals surface area contributed by atoms with Gasteiger partial charge in [0.15, 0.2) is 11.5 Å². The third-order valence-electron chi connectivity index (χ3n) is 3.10. The molecule has 0 saturated heterocycles. The molecule has 0 radical (unpaired) electrons. The standard InChI is InChI=1S/C12H14BrNO3/c13-6-12(3-4-12)7-14-11(17)8-1-2-9(15)10(16)5-8/h1-2,5,15-16H,3-4,6-7H2,(H,14,17). The van der Waals surface area contributed by atoms with E-state index in [1.54, 1.807) is 0 Å². The lowest BCUT2D eigenvalue weighted by Crippen LogP contribution is -2.30. The fraction of sp³-hybridized carbons (Fsp3) is 0.417. The van der Waals surface area contributed by atoms with E-state index >= 15 is 0 Å². The van der Waals surface area contributed by atoms with E-state index in [1.165, 1.54) is 18.2 Å². The SMILES string of the molecule is O=C(NCC1(CBr)CC1)c1ccc(O)c(O)c1. The Balaban J connectivity index is 1.97. The van der Waals surface area contributed by atoms with Crippen molar-refractivity contribution >= 4 is 21.8 Å². The monoisotopic (exact) mass is 299 g/mol. The fourth-order valence-corrected chi connectivity index (χ4v) is 2.33. The van der Waals surface area contributed by atoms with E-state index in [0.29, 0.717) is 12.1 Å². The normalized spacial score (nSPS) is 16.5. The minimum Gasteiger partial charge on any atom is -0.504 e. The Hall–Kier alpha value is -1.23. The van der Waals surface area contributed by atoms with Crippen molar-refractivity contribution in [2.24, 2.45) is 5.41 Å². The molecule has 1 aliphatic rings. The summed E-state index contributed by atoms with van der Waals surface area (Å²) in [6, 6.07) is 4.05. The zero-order chi connectivity index (χ0) is 12.5. The number of rotatable bonds is 4. The number of aromatic hydroxyl groups is 2. The molecule has 2 rings (SSSR count). The molecule has 1 aliphatic carbocycles. The van der Waals surface area contributed by atoms with Crippen LogP contribution >= 0.6 is 15.9 Å². The van der Waals surface area contributed by atoms with Gasteiger partial charge in [0.25, 0.3) is 5.91 Å². The number of amides is 1. The molecule has 0 spiro atoms. The second kappa shape index (κ2) is 4.56. The van der Waals surface area contributed by atoms with Crippen molar-refractivity contribution in [3.63, 3.8) is 0 Å². The summed E-state index contributed by atoms with van der Waals surface area (Å²) in [6.07, 6.45) is 2.25. The van der Waals surface area contributed by atoms with Crippen LogP contribution in [0.3, 0.4) is 0 Å².